The Morgan fingerprint density at radius 3 is 0.609 bits per heavy atom. The molecule has 6 aliphatic carbocycles. The van der Waals surface area contributed by atoms with Crippen molar-refractivity contribution >= 4 is 15.8 Å². The number of aliphatic hydroxyl groups excluding tert-OH is 2. The molecule has 0 spiro atoms. The van der Waals surface area contributed by atoms with Crippen molar-refractivity contribution in [3.8, 4) is 0 Å². The van der Waals surface area contributed by atoms with Crippen LogP contribution in [0, 0.1) is 0 Å². The topological polar surface area (TPSA) is 40.5 Å². The predicted molar refractivity (Wildman–Crippen MR) is 206 cm³/mol. The van der Waals surface area contributed by atoms with Gasteiger partial charge in [0.05, 0.1) is 46.2 Å². The molecule has 0 saturated heterocycles. The smallest absolute Gasteiger partial charge is 0.0680 e. The van der Waals surface area contributed by atoms with Crippen LogP contribution >= 0.6 is 15.8 Å². The SMILES string of the molecule is C1CCC([PH+](C2CCCCC2)C2CCCCC2)CC1.C1CCC([PH+](C2CCCCC2)C2CCCCC2)CC1.CC(O)CC(C)O.[Ir]. The molecule has 273 valence electrons. The van der Waals surface area contributed by atoms with Crippen molar-refractivity contribution in [1.29, 1.82) is 0 Å². The maximum absolute atomic E-state index is 8.56. The Bertz CT molecular complexity index is 568. The van der Waals surface area contributed by atoms with Gasteiger partial charge in [0.2, 0.25) is 0 Å². The summed E-state index contributed by atoms with van der Waals surface area (Å²) < 4.78 is 0. The van der Waals surface area contributed by atoms with E-state index >= 15 is 0 Å². The molecule has 2 unspecified atom stereocenters. The van der Waals surface area contributed by atoms with Gasteiger partial charge < -0.3 is 10.2 Å². The van der Waals surface area contributed by atoms with Gasteiger partial charge in [-0.3, -0.25) is 0 Å². The van der Waals surface area contributed by atoms with Crippen molar-refractivity contribution in [1.82, 2.24) is 0 Å². The van der Waals surface area contributed by atoms with E-state index in [9.17, 15) is 0 Å². The fraction of sp³-hybridized carbons (Fsp3) is 1.00. The normalized spacial score (nSPS) is 26.7. The van der Waals surface area contributed by atoms with Gasteiger partial charge in [0.25, 0.3) is 0 Å². The van der Waals surface area contributed by atoms with Crippen LogP contribution in [0.5, 0.6) is 0 Å². The molecule has 0 aliphatic heterocycles. The summed E-state index contributed by atoms with van der Waals surface area (Å²) in [6.45, 7) is 3.32. The van der Waals surface area contributed by atoms with Gasteiger partial charge in [-0.15, -0.1) is 0 Å². The molecule has 2 atom stereocenters. The molecular formula is C41H80IrO2P2+2. The third kappa shape index (κ3) is 15.0. The molecule has 2 N–H and O–H groups in total. The second-order valence-corrected chi connectivity index (χ2v) is 23.8. The zero-order valence-corrected chi connectivity index (χ0v) is 35.2. The molecule has 0 heterocycles. The Morgan fingerprint density at radius 1 is 0.348 bits per heavy atom. The molecular weight excluding hydrogens is 779 g/mol. The molecule has 0 aromatic rings. The monoisotopic (exact) mass is 860 g/mol. The van der Waals surface area contributed by atoms with Crippen molar-refractivity contribution in [2.45, 2.75) is 259 Å². The van der Waals surface area contributed by atoms with Gasteiger partial charge in [0.1, 0.15) is 0 Å². The molecule has 0 bridgehead atoms. The van der Waals surface area contributed by atoms with Gasteiger partial charge in [-0.25, -0.2) is 0 Å². The van der Waals surface area contributed by atoms with Gasteiger partial charge in [0.15, 0.2) is 0 Å². The summed E-state index contributed by atoms with van der Waals surface area (Å²) >= 11 is 0. The van der Waals surface area contributed by atoms with Gasteiger partial charge in [-0.2, -0.15) is 0 Å². The zero-order chi connectivity index (χ0) is 31.7. The minimum absolute atomic E-state index is 0. The first-order chi connectivity index (χ1) is 22.0. The first-order valence-corrected chi connectivity index (χ1v) is 24.6. The first-order valence-electron chi connectivity index (χ1n) is 21.1. The van der Waals surface area contributed by atoms with E-state index < -0.39 is 0 Å². The summed E-state index contributed by atoms with van der Waals surface area (Å²) in [5, 5.41) is 17.1. The van der Waals surface area contributed by atoms with Crippen LogP contribution in [0.3, 0.4) is 0 Å². The Morgan fingerprint density at radius 2 is 0.500 bits per heavy atom. The fourth-order valence-corrected chi connectivity index (χ4v) is 21.6. The quantitative estimate of drug-likeness (QED) is 0.239. The van der Waals surface area contributed by atoms with Crippen LogP contribution < -0.4 is 0 Å². The van der Waals surface area contributed by atoms with E-state index in [2.05, 4.69) is 0 Å². The van der Waals surface area contributed by atoms with Crippen LogP contribution in [0.1, 0.15) is 213 Å². The van der Waals surface area contributed by atoms with E-state index in [0.717, 1.165) is 0 Å². The molecule has 46 heavy (non-hydrogen) atoms. The van der Waals surface area contributed by atoms with Crippen molar-refractivity contribution in [2.75, 3.05) is 0 Å². The predicted octanol–water partition coefficient (Wildman–Crippen LogP) is 12.5. The molecule has 6 fully saturated rings. The fourth-order valence-electron chi connectivity index (χ4n) is 11.1. The van der Waals surface area contributed by atoms with Crippen molar-refractivity contribution in [2.24, 2.45) is 0 Å². The Kier molecular flexibility index (Phi) is 22.4. The van der Waals surface area contributed by atoms with Crippen molar-refractivity contribution in [3.05, 3.63) is 0 Å². The molecule has 1 radical (unpaired) electrons. The van der Waals surface area contributed by atoms with E-state index in [1.165, 1.54) is 34.0 Å². The number of hydrogen-bond acceptors (Lipinski definition) is 2. The summed E-state index contributed by atoms with van der Waals surface area (Å²) in [6, 6.07) is 0. The van der Waals surface area contributed by atoms with Gasteiger partial charge in [-0.05, 0) is 174 Å². The average Bonchev–Trinajstić information content (AvgIpc) is 3.08. The van der Waals surface area contributed by atoms with Crippen LogP contribution in [-0.2, 0) is 20.1 Å². The second-order valence-electron chi connectivity index (χ2n) is 16.9. The van der Waals surface area contributed by atoms with E-state index in [4.69, 9.17) is 10.2 Å². The van der Waals surface area contributed by atoms with E-state index in [1.807, 2.05) is 0 Å². The maximum atomic E-state index is 8.56. The van der Waals surface area contributed by atoms with Crippen molar-refractivity contribution < 1.29 is 30.3 Å². The molecule has 2 nitrogen and oxygen atoms in total. The minimum Gasteiger partial charge on any atom is -0.393 e. The summed E-state index contributed by atoms with van der Waals surface area (Å²) in [7, 11) is -0.0930. The maximum Gasteiger partial charge on any atom is 0.0680 e. The van der Waals surface area contributed by atoms with Crippen LogP contribution in [0.4, 0.5) is 0 Å². The third-order valence-electron chi connectivity index (χ3n) is 13.1. The molecule has 0 aromatic heterocycles. The first kappa shape index (κ1) is 41.8. The number of hydrogen-bond donors (Lipinski definition) is 2. The summed E-state index contributed by atoms with van der Waals surface area (Å²) in [4.78, 5) is 0. The Balaban J connectivity index is 0.000000205. The van der Waals surface area contributed by atoms with E-state index in [-0.39, 0.29) is 48.2 Å². The summed E-state index contributed by atoms with van der Waals surface area (Å²) in [5.74, 6) is 0. The standard InChI is InChI=1S/2C18H33P.C5H12O2.Ir/c2*1-4-10-16(11-5-1)19(17-12-6-2-7-13-17)18-14-8-3-9-15-18;1-4(6)3-5(2)7;/h2*16-18H,1-15H2;4-7H,3H2,1-2H3;/p+2. The number of rotatable bonds is 8. The van der Waals surface area contributed by atoms with Crippen LogP contribution in [0.15, 0.2) is 0 Å². The average molecular weight is 859 g/mol. The second kappa shape index (κ2) is 24.6. The van der Waals surface area contributed by atoms with Crippen molar-refractivity contribution in [3.63, 3.8) is 0 Å². The van der Waals surface area contributed by atoms with Gasteiger partial charge in [-0.1, -0.05) is 38.5 Å². The van der Waals surface area contributed by atoms with E-state index in [0.29, 0.717) is 6.42 Å². The summed E-state index contributed by atoms with van der Waals surface area (Å²) in [5.41, 5.74) is 7.36. The molecule has 0 amide bonds. The number of aliphatic hydroxyl groups is 2. The molecule has 0 aromatic carbocycles. The van der Waals surface area contributed by atoms with Crippen LogP contribution in [0.2, 0.25) is 0 Å². The largest absolute Gasteiger partial charge is 0.393 e. The Hall–Kier alpha value is 1.43. The zero-order valence-electron chi connectivity index (χ0n) is 30.8. The van der Waals surface area contributed by atoms with Gasteiger partial charge in [0, 0.05) is 35.9 Å². The molecule has 6 saturated carbocycles. The molecule has 5 heteroatoms. The minimum atomic E-state index is -0.375. The third-order valence-corrected chi connectivity index (χ3v) is 22.3. The van der Waals surface area contributed by atoms with Crippen LogP contribution in [-0.4, -0.2) is 56.4 Å². The van der Waals surface area contributed by atoms with E-state index in [1.54, 1.807) is 206 Å². The molecule has 6 aliphatic rings. The Labute approximate surface area is 303 Å². The van der Waals surface area contributed by atoms with Gasteiger partial charge >= 0.3 is 0 Å². The summed E-state index contributed by atoms with van der Waals surface area (Å²) in [6.07, 6.45) is 47.3. The molecule has 6 rings (SSSR count). The van der Waals surface area contributed by atoms with Crippen LogP contribution in [0.25, 0.3) is 0 Å².